The number of carbonyl (C=O) groups is 4. The normalized spacial score (nSPS) is 10.7. The van der Waals surface area contributed by atoms with E-state index in [0.717, 1.165) is 24.7 Å². The van der Waals surface area contributed by atoms with E-state index < -0.39 is 36.4 Å². The molecule has 224 valence electrons. The monoisotopic (exact) mass is 548 g/mol. The summed E-state index contributed by atoms with van der Waals surface area (Å²) in [7, 11) is 0. The van der Waals surface area contributed by atoms with Crippen molar-refractivity contribution in [1.82, 2.24) is 5.32 Å². The fourth-order valence-electron chi connectivity index (χ4n) is 3.47. The zero-order valence-electron chi connectivity index (χ0n) is 24.0. The molecule has 0 unspecified atom stereocenters. The van der Waals surface area contributed by atoms with Gasteiger partial charge in [0, 0.05) is 19.4 Å². The van der Waals surface area contributed by atoms with E-state index >= 15 is 0 Å². The van der Waals surface area contributed by atoms with Gasteiger partial charge in [0.15, 0.2) is 5.60 Å². The van der Waals surface area contributed by atoms with Gasteiger partial charge in [0.05, 0.1) is 39.2 Å². The first-order valence-corrected chi connectivity index (χ1v) is 14.1. The second-order valence-electron chi connectivity index (χ2n) is 8.95. The van der Waals surface area contributed by atoms with E-state index in [4.69, 9.17) is 0 Å². The van der Waals surface area contributed by atoms with E-state index in [0.29, 0.717) is 19.5 Å². The Kier molecular flexibility index (Phi) is 26.3. The summed E-state index contributed by atoms with van der Waals surface area (Å²) in [6.07, 6.45) is 11.6. The highest BCUT2D eigenvalue weighted by Crippen LogP contribution is 2.19. The Balaban J connectivity index is 0. The molecule has 11 heteroatoms. The molecule has 4 N–H and O–H groups in total. The molecule has 0 radical (unpaired) electrons. The number of quaternary nitrogens is 1. The van der Waals surface area contributed by atoms with Crippen LogP contribution in [0.15, 0.2) is 0 Å². The lowest BCUT2D eigenvalue weighted by molar-refractivity contribution is -0.588. The van der Waals surface area contributed by atoms with Gasteiger partial charge in [-0.1, -0.05) is 58.3 Å². The molecule has 0 aliphatic rings. The molecule has 0 saturated carbocycles. The molecule has 0 spiro atoms. The lowest BCUT2D eigenvalue weighted by Crippen LogP contribution is -2.77. The van der Waals surface area contributed by atoms with E-state index in [9.17, 15) is 29.5 Å². The van der Waals surface area contributed by atoms with E-state index in [1.165, 1.54) is 44.9 Å². The number of hydroxylamine groups is 1. The first kappa shape index (κ1) is 37.9. The average Bonchev–Trinajstić information content (AvgIpc) is 2.86. The minimum absolute atomic E-state index is 0.0206. The summed E-state index contributed by atoms with van der Waals surface area (Å²) < 4.78 is 14.0. The molecule has 0 rings (SSSR count). The molecule has 0 fully saturated rings. The molecule has 0 aromatic carbocycles. The van der Waals surface area contributed by atoms with Crippen molar-refractivity contribution in [3.63, 3.8) is 0 Å². The largest absolute Gasteiger partial charge is 0.636 e. The predicted molar refractivity (Wildman–Crippen MR) is 144 cm³/mol. The quantitative estimate of drug-likeness (QED) is 0.0797. The zero-order chi connectivity index (χ0) is 29.1. The summed E-state index contributed by atoms with van der Waals surface area (Å²) in [5.41, 5.74) is -1.36. The maximum atomic E-state index is 11.7. The van der Waals surface area contributed by atoms with Crippen molar-refractivity contribution in [2.45, 2.75) is 117 Å². The summed E-state index contributed by atoms with van der Waals surface area (Å²) in [6, 6.07) is 0. The number of rotatable bonds is 22. The van der Waals surface area contributed by atoms with E-state index in [-0.39, 0.29) is 25.7 Å². The Bertz CT molecular complexity index is 610. The summed E-state index contributed by atoms with van der Waals surface area (Å²) in [5, 5.41) is 23.1. The fourth-order valence-corrected chi connectivity index (χ4v) is 3.47. The number of nitrogens with one attached hydrogen (secondary N) is 1. The third-order valence-electron chi connectivity index (χ3n) is 5.47. The van der Waals surface area contributed by atoms with Crippen molar-refractivity contribution < 1.29 is 44.0 Å². The Morgan fingerprint density at radius 2 is 1.21 bits per heavy atom. The van der Waals surface area contributed by atoms with Crippen molar-refractivity contribution in [3.05, 3.63) is 5.21 Å². The van der Waals surface area contributed by atoms with Gasteiger partial charge in [0.1, 0.15) is 0 Å². The maximum Gasteiger partial charge on any atom is 0.339 e. The fraction of sp³-hybridized carbons (Fsp3) is 0.852. The van der Waals surface area contributed by atoms with Gasteiger partial charge in [-0.25, -0.2) is 4.79 Å². The van der Waals surface area contributed by atoms with Crippen molar-refractivity contribution >= 4 is 23.8 Å². The number of nitrogens with two attached hydrogens (primary N) is 1. The topological polar surface area (TPSA) is 168 Å². The van der Waals surface area contributed by atoms with E-state index in [1.54, 1.807) is 20.8 Å². The number of hydrogen-bond acceptors (Lipinski definition) is 9. The summed E-state index contributed by atoms with van der Waals surface area (Å²) in [6.45, 7) is 8.38. The van der Waals surface area contributed by atoms with Crippen LogP contribution in [0, 0.1) is 5.21 Å². The van der Waals surface area contributed by atoms with Crippen LogP contribution in [0.2, 0.25) is 0 Å². The van der Waals surface area contributed by atoms with Crippen LogP contribution >= 0.6 is 0 Å². The molecule has 0 aliphatic heterocycles. The van der Waals surface area contributed by atoms with Crippen LogP contribution in [0.5, 0.6) is 0 Å². The van der Waals surface area contributed by atoms with Crippen LogP contribution in [-0.4, -0.2) is 67.4 Å². The van der Waals surface area contributed by atoms with Crippen molar-refractivity contribution in [2.24, 2.45) is 0 Å². The van der Waals surface area contributed by atoms with Crippen molar-refractivity contribution in [1.29, 1.82) is 0 Å². The second kappa shape index (κ2) is 26.4. The Morgan fingerprint density at radius 1 is 0.737 bits per heavy atom. The minimum atomic E-state index is -2.26. The Labute approximate surface area is 228 Å². The smallest absolute Gasteiger partial charge is 0.339 e. The molecule has 0 aliphatic carbocycles. The second-order valence-corrected chi connectivity index (χ2v) is 8.95. The Morgan fingerprint density at radius 3 is 1.66 bits per heavy atom. The molecule has 1 amide bonds. The van der Waals surface area contributed by atoms with Gasteiger partial charge >= 0.3 is 17.9 Å². The first-order chi connectivity index (χ1) is 18.2. The number of ether oxygens (including phenoxy) is 3. The summed E-state index contributed by atoms with van der Waals surface area (Å²) >= 11 is 0. The summed E-state index contributed by atoms with van der Waals surface area (Å²) in [4.78, 5) is 45.8. The average molecular weight is 549 g/mol. The molecule has 0 saturated heterocycles. The molecule has 0 aromatic rings. The molecule has 0 atom stereocenters. The SMILES string of the molecule is CCCCCCCCCCCC(=O)NCCC[NH2+][O-].CCOC(=O)CC(O)(CC(=O)OCC)C(=O)OCC. The Hall–Kier alpha value is -2.24. The van der Waals surface area contributed by atoms with Gasteiger partial charge < -0.3 is 35.3 Å². The molecule has 0 aromatic heterocycles. The highest BCUT2D eigenvalue weighted by atomic mass is 16.6. The number of amides is 1. The van der Waals surface area contributed by atoms with Crippen LogP contribution in [0.25, 0.3) is 0 Å². The number of hydrogen-bond donors (Lipinski definition) is 3. The van der Waals surface area contributed by atoms with Crippen molar-refractivity contribution in [3.8, 4) is 0 Å². The molecule has 0 heterocycles. The van der Waals surface area contributed by atoms with Gasteiger partial charge in [-0.05, 0) is 27.2 Å². The number of unbranched alkanes of at least 4 members (excludes halogenated alkanes) is 8. The van der Waals surface area contributed by atoms with E-state index in [1.807, 2.05) is 0 Å². The number of carbonyl (C=O) groups excluding carboxylic acids is 4. The number of aliphatic hydroxyl groups is 1. The molecular formula is C27H52N2O9. The summed E-state index contributed by atoms with van der Waals surface area (Å²) in [5.74, 6) is -2.49. The van der Waals surface area contributed by atoms with Crippen LogP contribution in [0.1, 0.15) is 111 Å². The first-order valence-electron chi connectivity index (χ1n) is 14.1. The van der Waals surface area contributed by atoms with E-state index in [2.05, 4.69) is 26.5 Å². The van der Waals surface area contributed by atoms with Crippen LogP contribution in [0.3, 0.4) is 0 Å². The zero-order valence-corrected chi connectivity index (χ0v) is 24.0. The lowest BCUT2D eigenvalue weighted by atomic mass is 9.95. The van der Waals surface area contributed by atoms with Gasteiger partial charge in [0.2, 0.25) is 5.91 Å². The van der Waals surface area contributed by atoms with Crippen LogP contribution in [0.4, 0.5) is 0 Å². The standard InChI is InChI=1S/C15H32N2O2.C12H20O7/c1-2-3-4-5-6-7-8-9-10-12-15(18)16-13-11-14-17-19;1-4-17-9(13)7-12(16,11(15)19-6-3)8-10(14)18-5-2/h2-14,17H2,1H3,(H,16,18);16H,4-8H2,1-3H3. The highest BCUT2D eigenvalue weighted by Gasteiger charge is 2.43. The lowest BCUT2D eigenvalue weighted by Gasteiger charge is -2.23. The molecular weight excluding hydrogens is 496 g/mol. The van der Waals surface area contributed by atoms with Crippen molar-refractivity contribution in [2.75, 3.05) is 32.9 Å². The highest BCUT2D eigenvalue weighted by molar-refractivity contribution is 5.90. The predicted octanol–water partition coefficient (Wildman–Crippen LogP) is 2.66. The molecule has 38 heavy (non-hydrogen) atoms. The third kappa shape index (κ3) is 22.9. The minimum Gasteiger partial charge on any atom is -0.636 e. The maximum absolute atomic E-state index is 11.7. The van der Waals surface area contributed by atoms with Gasteiger partial charge in [-0.3, -0.25) is 14.4 Å². The van der Waals surface area contributed by atoms with Crippen LogP contribution < -0.4 is 10.8 Å². The molecule has 0 bridgehead atoms. The van der Waals surface area contributed by atoms with Gasteiger partial charge in [-0.2, -0.15) is 0 Å². The third-order valence-corrected chi connectivity index (χ3v) is 5.47. The van der Waals surface area contributed by atoms with Crippen LogP contribution in [-0.2, 0) is 33.4 Å². The number of esters is 3. The van der Waals surface area contributed by atoms with Gasteiger partial charge in [-0.15, -0.1) is 0 Å². The van der Waals surface area contributed by atoms with Gasteiger partial charge in [0.25, 0.3) is 0 Å². The molecule has 11 nitrogen and oxygen atoms in total.